The first-order valence-corrected chi connectivity index (χ1v) is 8.85. The van der Waals surface area contributed by atoms with E-state index in [1.165, 1.54) is 5.56 Å². The number of nitrogens with one attached hydrogen (secondary N) is 1. The number of aliphatic hydroxyl groups excluding tert-OH is 1. The largest absolute Gasteiger partial charge is 0.396 e. The molecule has 0 aliphatic carbocycles. The first-order chi connectivity index (χ1) is 11.6. The molecule has 2 aliphatic rings. The van der Waals surface area contributed by atoms with Gasteiger partial charge < -0.3 is 15.3 Å². The maximum atomic E-state index is 12.5. The fourth-order valence-electron chi connectivity index (χ4n) is 3.76. The van der Waals surface area contributed by atoms with Crippen LogP contribution < -0.4 is 5.32 Å². The van der Waals surface area contributed by atoms with E-state index in [-0.39, 0.29) is 29.9 Å². The van der Waals surface area contributed by atoms with E-state index < -0.39 is 0 Å². The second kappa shape index (κ2) is 7.34. The molecule has 1 aromatic rings. The number of likely N-dealkylation sites (tertiary alicyclic amines) is 1. The molecule has 2 heterocycles. The number of hydrogen-bond donors (Lipinski definition) is 2. The average molecular weight is 330 g/mol. The standard InChI is InChI=1S/C19H26N2O3/c22-14-19(9-8-15-4-2-1-3-5-15)10-12-21(13-11-19)18(24)16-6-7-17(23)20-16/h1-5,16,22H,6-14H2,(H,20,23)/t16-/m0/s1. The molecule has 0 spiro atoms. The lowest BCUT2D eigenvalue weighted by molar-refractivity contribution is -0.137. The SMILES string of the molecule is O=C1CC[C@@H](C(=O)N2CCC(CO)(CCc3ccccc3)CC2)N1. The zero-order valence-corrected chi connectivity index (χ0v) is 14.0. The molecule has 0 bridgehead atoms. The summed E-state index contributed by atoms with van der Waals surface area (Å²) in [6.07, 6.45) is 4.59. The maximum Gasteiger partial charge on any atom is 0.245 e. The number of aryl methyl sites for hydroxylation is 1. The Morgan fingerprint density at radius 1 is 1.25 bits per heavy atom. The molecule has 2 aliphatic heterocycles. The highest BCUT2D eigenvalue weighted by Crippen LogP contribution is 2.36. The van der Waals surface area contributed by atoms with E-state index in [0.717, 1.165) is 25.7 Å². The zero-order chi connectivity index (χ0) is 17.0. The predicted molar refractivity (Wildman–Crippen MR) is 91.3 cm³/mol. The monoisotopic (exact) mass is 330 g/mol. The van der Waals surface area contributed by atoms with Gasteiger partial charge in [-0.1, -0.05) is 30.3 Å². The summed E-state index contributed by atoms with van der Waals surface area (Å²) in [6, 6.07) is 9.98. The topological polar surface area (TPSA) is 69.6 Å². The van der Waals surface area contributed by atoms with Gasteiger partial charge in [-0.2, -0.15) is 0 Å². The molecule has 2 fully saturated rings. The van der Waals surface area contributed by atoms with Crippen LogP contribution >= 0.6 is 0 Å². The molecular weight excluding hydrogens is 304 g/mol. The molecule has 24 heavy (non-hydrogen) atoms. The van der Waals surface area contributed by atoms with E-state index in [9.17, 15) is 14.7 Å². The Labute approximate surface area is 143 Å². The molecule has 1 atom stereocenters. The van der Waals surface area contributed by atoms with Crippen LogP contribution in [0.3, 0.4) is 0 Å². The third-order valence-corrected chi connectivity index (χ3v) is 5.55. The van der Waals surface area contributed by atoms with Crippen molar-refractivity contribution in [2.24, 2.45) is 5.41 Å². The van der Waals surface area contributed by atoms with Crippen molar-refractivity contribution in [2.75, 3.05) is 19.7 Å². The van der Waals surface area contributed by atoms with E-state index in [1.54, 1.807) is 0 Å². The second-order valence-corrected chi connectivity index (χ2v) is 7.13. The van der Waals surface area contributed by atoms with Crippen molar-refractivity contribution in [2.45, 2.75) is 44.6 Å². The van der Waals surface area contributed by atoms with Crippen LogP contribution in [0.15, 0.2) is 30.3 Å². The van der Waals surface area contributed by atoms with Crippen molar-refractivity contribution < 1.29 is 14.7 Å². The molecule has 2 amide bonds. The number of carbonyl (C=O) groups excluding carboxylic acids is 2. The van der Waals surface area contributed by atoms with Gasteiger partial charge in [0.15, 0.2) is 0 Å². The molecule has 3 rings (SSSR count). The fourth-order valence-corrected chi connectivity index (χ4v) is 3.76. The van der Waals surface area contributed by atoms with Gasteiger partial charge in [-0.05, 0) is 43.1 Å². The molecule has 2 saturated heterocycles. The van der Waals surface area contributed by atoms with E-state index in [2.05, 4.69) is 17.4 Å². The minimum atomic E-state index is -0.344. The Bertz CT molecular complexity index is 580. The summed E-state index contributed by atoms with van der Waals surface area (Å²) in [6.45, 7) is 1.50. The van der Waals surface area contributed by atoms with Crippen molar-refractivity contribution in [1.29, 1.82) is 0 Å². The van der Waals surface area contributed by atoms with Gasteiger partial charge >= 0.3 is 0 Å². The quantitative estimate of drug-likeness (QED) is 0.859. The van der Waals surface area contributed by atoms with E-state index >= 15 is 0 Å². The predicted octanol–water partition coefficient (Wildman–Crippen LogP) is 1.50. The summed E-state index contributed by atoms with van der Waals surface area (Å²) < 4.78 is 0. The number of benzene rings is 1. The number of rotatable bonds is 5. The first kappa shape index (κ1) is 17.0. The summed E-state index contributed by atoms with van der Waals surface area (Å²) in [4.78, 5) is 25.6. The Morgan fingerprint density at radius 2 is 1.96 bits per heavy atom. The summed E-state index contributed by atoms with van der Waals surface area (Å²) in [5.41, 5.74) is 1.20. The minimum Gasteiger partial charge on any atom is -0.396 e. The van der Waals surface area contributed by atoms with Crippen LogP contribution in [0.2, 0.25) is 0 Å². The highest BCUT2D eigenvalue weighted by Gasteiger charge is 2.38. The molecular formula is C19H26N2O3. The van der Waals surface area contributed by atoms with Crippen LogP contribution in [0.1, 0.15) is 37.7 Å². The molecule has 5 nitrogen and oxygen atoms in total. The van der Waals surface area contributed by atoms with Crippen molar-refractivity contribution in [3.05, 3.63) is 35.9 Å². The molecule has 0 unspecified atom stereocenters. The number of carbonyl (C=O) groups is 2. The number of hydrogen-bond acceptors (Lipinski definition) is 3. The Balaban J connectivity index is 1.53. The first-order valence-electron chi connectivity index (χ1n) is 8.85. The van der Waals surface area contributed by atoms with Gasteiger partial charge in [0, 0.05) is 26.1 Å². The van der Waals surface area contributed by atoms with Gasteiger partial charge in [-0.15, -0.1) is 0 Å². The van der Waals surface area contributed by atoms with Crippen LogP contribution in [0.4, 0.5) is 0 Å². The van der Waals surface area contributed by atoms with Gasteiger partial charge in [0.05, 0.1) is 0 Å². The lowest BCUT2D eigenvalue weighted by atomic mass is 9.74. The smallest absolute Gasteiger partial charge is 0.245 e. The molecule has 2 N–H and O–H groups in total. The Kier molecular flexibility index (Phi) is 5.19. The van der Waals surface area contributed by atoms with Gasteiger partial charge in [0.1, 0.15) is 6.04 Å². The van der Waals surface area contributed by atoms with Crippen LogP contribution in [0.5, 0.6) is 0 Å². The summed E-state index contributed by atoms with van der Waals surface area (Å²) >= 11 is 0. The summed E-state index contributed by atoms with van der Waals surface area (Å²) in [7, 11) is 0. The van der Waals surface area contributed by atoms with Crippen molar-refractivity contribution in [3.63, 3.8) is 0 Å². The highest BCUT2D eigenvalue weighted by molar-refractivity contribution is 5.90. The number of nitrogens with zero attached hydrogens (tertiary/aromatic N) is 1. The van der Waals surface area contributed by atoms with Crippen LogP contribution in [-0.2, 0) is 16.0 Å². The van der Waals surface area contributed by atoms with Crippen molar-refractivity contribution >= 4 is 11.8 Å². The lowest BCUT2D eigenvalue weighted by Crippen LogP contribution is -2.50. The number of aliphatic hydroxyl groups is 1. The summed E-state index contributed by atoms with van der Waals surface area (Å²) in [5, 5.41) is 12.7. The third-order valence-electron chi connectivity index (χ3n) is 5.55. The van der Waals surface area contributed by atoms with E-state index in [1.807, 2.05) is 23.1 Å². The van der Waals surface area contributed by atoms with Gasteiger partial charge in [0.25, 0.3) is 0 Å². The van der Waals surface area contributed by atoms with Crippen LogP contribution in [-0.4, -0.2) is 47.6 Å². The molecule has 0 radical (unpaired) electrons. The van der Waals surface area contributed by atoms with Gasteiger partial charge in [-0.3, -0.25) is 9.59 Å². The maximum absolute atomic E-state index is 12.5. The van der Waals surface area contributed by atoms with Crippen LogP contribution in [0.25, 0.3) is 0 Å². The highest BCUT2D eigenvalue weighted by atomic mass is 16.3. The Hall–Kier alpha value is -1.88. The summed E-state index contributed by atoms with van der Waals surface area (Å²) in [5.74, 6) is 0.00775. The van der Waals surface area contributed by atoms with Crippen LogP contribution in [0, 0.1) is 5.41 Å². The molecule has 0 saturated carbocycles. The molecule has 0 aromatic heterocycles. The molecule has 130 valence electrons. The fraction of sp³-hybridized carbons (Fsp3) is 0.579. The zero-order valence-electron chi connectivity index (χ0n) is 14.0. The van der Waals surface area contributed by atoms with Gasteiger partial charge in [0.2, 0.25) is 11.8 Å². The van der Waals surface area contributed by atoms with Crippen molar-refractivity contribution in [1.82, 2.24) is 10.2 Å². The number of piperidine rings is 1. The lowest BCUT2D eigenvalue weighted by Gasteiger charge is -2.41. The third kappa shape index (κ3) is 3.78. The van der Waals surface area contributed by atoms with Crippen molar-refractivity contribution in [3.8, 4) is 0 Å². The van der Waals surface area contributed by atoms with Gasteiger partial charge in [-0.25, -0.2) is 0 Å². The minimum absolute atomic E-state index is 0.0297. The van der Waals surface area contributed by atoms with E-state index in [4.69, 9.17) is 0 Å². The molecule has 5 heteroatoms. The second-order valence-electron chi connectivity index (χ2n) is 7.13. The Morgan fingerprint density at radius 3 is 2.54 bits per heavy atom. The average Bonchev–Trinajstić information content (AvgIpc) is 3.07. The normalized spacial score (nSPS) is 23.1. The number of amides is 2. The molecule has 1 aromatic carbocycles. The van der Waals surface area contributed by atoms with E-state index in [0.29, 0.717) is 25.9 Å².